The van der Waals surface area contributed by atoms with Gasteiger partial charge in [0.1, 0.15) is 31.5 Å². The number of ether oxygens (including phenoxy) is 1. The molecule has 0 aromatic rings. The number of hydrogen-bond acceptors (Lipinski definition) is 8. The number of carbonyl (C=O) groups excluding carboxylic acids is 3. The zero-order valence-corrected chi connectivity index (χ0v) is 9.07. The molecule has 0 aliphatic rings. The van der Waals surface area contributed by atoms with Gasteiger partial charge in [0.15, 0.2) is 5.78 Å². The average Bonchev–Trinajstić information content (AvgIpc) is 2.32. The number of rotatable bonds is 7. The highest BCUT2D eigenvalue weighted by atomic mass is 16.5. The quantitative estimate of drug-likeness (QED) is 0.273. The number of Topliss-reactive ketones (excluding diaryl/α,β-unsaturated/α-hetero) is 2. The molecule has 0 saturated carbocycles. The van der Waals surface area contributed by atoms with Gasteiger partial charge in [-0.05, 0) is 0 Å². The van der Waals surface area contributed by atoms with E-state index >= 15 is 0 Å². The molecule has 0 fully saturated rings. The first-order valence-corrected chi connectivity index (χ1v) is 4.66. The second-order valence-electron chi connectivity index (χ2n) is 3.28. The van der Waals surface area contributed by atoms with Crippen LogP contribution in [0.5, 0.6) is 0 Å². The molecule has 0 aromatic carbocycles. The summed E-state index contributed by atoms with van der Waals surface area (Å²) < 4.78 is 4.27. The molecule has 0 saturated heterocycles. The van der Waals surface area contributed by atoms with E-state index in [0.29, 0.717) is 0 Å². The molecule has 8 heteroatoms. The van der Waals surface area contributed by atoms with Crippen molar-refractivity contribution in [3.05, 3.63) is 0 Å². The van der Waals surface area contributed by atoms with Gasteiger partial charge in [0.05, 0.1) is 0 Å². The molecule has 3 atom stereocenters. The maximum atomic E-state index is 10.8. The summed E-state index contributed by atoms with van der Waals surface area (Å²) in [5.74, 6) is -3.19. The summed E-state index contributed by atoms with van der Waals surface area (Å²) in [4.78, 5) is 31.9. The van der Waals surface area contributed by atoms with Gasteiger partial charge in [0, 0.05) is 6.92 Å². The summed E-state index contributed by atoms with van der Waals surface area (Å²) in [5, 5.41) is 36.0. The highest BCUT2D eigenvalue weighted by Crippen LogP contribution is 2.02. The highest BCUT2D eigenvalue weighted by Gasteiger charge is 2.30. The number of aliphatic hydroxyl groups is 4. The molecule has 0 aliphatic carbocycles. The van der Waals surface area contributed by atoms with Crippen LogP contribution in [0.4, 0.5) is 0 Å². The van der Waals surface area contributed by atoms with Crippen molar-refractivity contribution < 1.29 is 39.5 Å². The molecule has 0 bridgehead atoms. The summed E-state index contributed by atoms with van der Waals surface area (Å²) in [6.45, 7) is -0.803. The van der Waals surface area contributed by atoms with Crippen LogP contribution in [-0.2, 0) is 19.1 Å². The Morgan fingerprint density at radius 1 is 1.18 bits per heavy atom. The SMILES string of the molecule is CC(=O)C(=O)OC[C@@H](O)[C@@H](O)[C@H](O)C(=O)CO. The molecular formula is C9H14O8. The largest absolute Gasteiger partial charge is 0.457 e. The predicted octanol–water partition coefficient (Wildman–Crippen LogP) is -3.24. The van der Waals surface area contributed by atoms with Crippen LogP contribution in [0, 0.1) is 0 Å². The van der Waals surface area contributed by atoms with Crippen LogP contribution in [0.15, 0.2) is 0 Å². The first-order chi connectivity index (χ1) is 7.81. The van der Waals surface area contributed by atoms with Crippen LogP contribution in [0.2, 0.25) is 0 Å². The molecule has 0 spiro atoms. The number of hydrogen-bond donors (Lipinski definition) is 4. The Labute approximate surface area is 96.4 Å². The van der Waals surface area contributed by atoms with E-state index in [4.69, 9.17) is 10.2 Å². The third-order valence-corrected chi connectivity index (χ3v) is 1.88. The second kappa shape index (κ2) is 7.07. The third kappa shape index (κ3) is 5.00. The van der Waals surface area contributed by atoms with Gasteiger partial charge in [-0.3, -0.25) is 9.59 Å². The lowest BCUT2D eigenvalue weighted by atomic mass is 10.1. The van der Waals surface area contributed by atoms with Gasteiger partial charge in [0.25, 0.3) is 0 Å². The molecule has 0 aromatic heterocycles. The zero-order valence-electron chi connectivity index (χ0n) is 9.07. The number of carbonyl (C=O) groups is 3. The summed E-state index contributed by atoms with van der Waals surface area (Å²) >= 11 is 0. The van der Waals surface area contributed by atoms with Gasteiger partial charge in [-0.1, -0.05) is 0 Å². The topological polar surface area (TPSA) is 141 Å². The Hall–Kier alpha value is -1.35. The van der Waals surface area contributed by atoms with Crippen LogP contribution in [0.25, 0.3) is 0 Å². The Morgan fingerprint density at radius 3 is 2.12 bits per heavy atom. The predicted molar refractivity (Wildman–Crippen MR) is 51.8 cm³/mol. The first-order valence-electron chi connectivity index (χ1n) is 4.66. The van der Waals surface area contributed by atoms with Crippen LogP contribution in [0.1, 0.15) is 6.92 Å². The van der Waals surface area contributed by atoms with Gasteiger partial charge in [-0.2, -0.15) is 0 Å². The van der Waals surface area contributed by atoms with Gasteiger partial charge in [0.2, 0.25) is 5.78 Å². The molecule has 0 heterocycles. The Morgan fingerprint density at radius 2 is 1.71 bits per heavy atom. The van der Waals surface area contributed by atoms with Crippen molar-refractivity contribution in [2.45, 2.75) is 25.2 Å². The van der Waals surface area contributed by atoms with Gasteiger partial charge >= 0.3 is 5.97 Å². The smallest absolute Gasteiger partial charge is 0.374 e. The lowest BCUT2D eigenvalue weighted by molar-refractivity contribution is -0.160. The van der Waals surface area contributed by atoms with Crippen molar-refractivity contribution in [1.82, 2.24) is 0 Å². The van der Waals surface area contributed by atoms with E-state index < -0.39 is 49.1 Å². The fourth-order valence-electron chi connectivity index (χ4n) is 0.856. The molecular weight excluding hydrogens is 236 g/mol. The molecule has 0 radical (unpaired) electrons. The van der Waals surface area contributed by atoms with Crippen LogP contribution < -0.4 is 0 Å². The Kier molecular flexibility index (Phi) is 6.51. The first kappa shape index (κ1) is 15.7. The Bertz CT molecular complexity index is 299. The fraction of sp³-hybridized carbons (Fsp3) is 0.667. The van der Waals surface area contributed by atoms with E-state index in [1.165, 1.54) is 0 Å². The molecule has 0 aliphatic heterocycles. The minimum atomic E-state index is -1.99. The molecule has 4 N–H and O–H groups in total. The second-order valence-corrected chi connectivity index (χ2v) is 3.28. The molecule has 17 heavy (non-hydrogen) atoms. The maximum absolute atomic E-state index is 10.8. The number of aliphatic hydroxyl groups excluding tert-OH is 4. The molecule has 0 rings (SSSR count). The number of esters is 1. The number of ketones is 2. The summed E-state index contributed by atoms with van der Waals surface area (Å²) in [7, 11) is 0. The third-order valence-electron chi connectivity index (χ3n) is 1.88. The molecule has 8 nitrogen and oxygen atoms in total. The van der Waals surface area contributed by atoms with E-state index in [1.807, 2.05) is 0 Å². The minimum Gasteiger partial charge on any atom is -0.457 e. The van der Waals surface area contributed by atoms with Gasteiger partial charge in [-0.15, -0.1) is 0 Å². The van der Waals surface area contributed by atoms with Gasteiger partial charge < -0.3 is 25.2 Å². The maximum Gasteiger partial charge on any atom is 0.374 e. The van der Waals surface area contributed by atoms with E-state index in [0.717, 1.165) is 6.92 Å². The Balaban J connectivity index is 4.22. The van der Waals surface area contributed by atoms with Crippen LogP contribution in [-0.4, -0.2) is 69.5 Å². The lowest BCUT2D eigenvalue weighted by Gasteiger charge is -2.20. The van der Waals surface area contributed by atoms with E-state index in [-0.39, 0.29) is 0 Å². The van der Waals surface area contributed by atoms with Crippen molar-refractivity contribution in [2.75, 3.05) is 13.2 Å². The molecule has 98 valence electrons. The van der Waals surface area contributed by atoms with Gasteiger partial charge in [-0.25, -0.2) is 4.79 Å². The van der Waals surface area contributed by atoms with Crippen molar-refractivity contribution in [3.8, 4) is 0 Å². The monoisotopic (exact) mass is 250 g/mol. The molecule has 0 unspecified atom stereocenters. The summed E-state index contributed by atoms with van der Waals surface area (Å²) in [6, 6.07) is 0. The fourth-order valence-corrected chi connectivity index (χ4v) is 0.856. The summed E-state index contributed by atoms with van der Waals surface area (Å²) in [5.41, 5.74) is 0. The molecule has 0 amide bonds. The van der Waals surface area contributed by atoms with Crippen molar-refractivity contribution >= 4 is 17.5 Å². The van der Waals surface area contributed by atoms with Crippen molar-refractivity contribution in [2.24, 2.45) is 0 Å². The summed E-state index contributed by atoms with van der Waals surface area (Å²) in [6.07, 6.45) is -5.66. The zero-order chi connectivity index (χ0) is 13.6. The van der Waals surface area contributed by atoms with Crippen LogP contribution in [0.3, 0.4) is 0 Å². The lowest BCUT2D eigenvalue weighted by Crippen LogP contribution is -2.45. The standard InChI is InChI=1S/C9H14O8/c1-4(11)9(16)17-3-6(13)8(15)7(14)5(12)2-10/h6-8,10,13-15H,2-3H2,1H3/t6-,7-,8-/m1/s1. The highest BCUT2D eigenvalue weighted by molar-refractivity contribution is 6.32. The van der Waals surface area contributed by atoms with Crippen molar-refractivity contribution in [1.29, 1.82) is 0 Å². The van der Waals surface area contributed by atoms with Crippen LogP contribution >= 0.6 is 0 Å². The minimum absolute atomic E-state index is 0.755. The van der Waals surface area contributed by atoms with E-state index in [9.17, 15) is 24.6 Å². The van der Waals surface area contributed by atoms with E-state index in [2.05, 4.69) is 4.74 Å². The van der Waals surface area contributed by atoms with E-state index in [1.54, 1.807) is 0 Å². The normalized spacial score (nSPS) is 15.8. The van der Waals surface area contributed by atoms with Crippen molar-refractivity contribution in [3.63, 3.8) is 0 Å². The average molecular weight is 250 g/mol.